The Morgan fingerprint density at radius 2 is 1.83 bits per heavy atom. The maximum Gasteiger partial charge on any atom is 0.280 e. The lowest BCUT2D eigenvalue weighted by Crippen LogP contribution is -2.42. The van der Waals surface area contributed by atoms with E-state index in [9.17, 15) is 27.5 Å². The number of likely N-dealkylation sites (N-methyl/N-ethyl adjacent to an activating group) is 1. The van der Waals surface area contributed by atoms with Crippen LogP contribution in [-0.4, -0.2) is 85.4 Å². The van der Waals surface area contributed by atoms with E-state index in [1.807, 2.05) is 13.8 Å². The van der Waals surface area contributed by atoms with Crippen LogP contribution in [0, 0.1) is 5.82 Å². The second-order valence-corrected chi connectivity index (χ2v) is 13.3. The quantitative estimate of drug-likeness (QED) is 0.227. The molecule has 0 bridgehead atoms. The Kier molecular flexibility index (Phi) is 9.77. The number of hydrogen-bond acceptors (Lipinski definition) is 9. The summed E-state index contributed by atoms with van der Waals surface area (Å²) in [6, 6.07) is 10.7. The number of ether oxygens (including phenoxy) is 3. The Hall–Kier alpha value is -4.63. The average molecular weight is 672 g/mol. The first-order chi connectivity index (χ1) is 22.4. The predicted molar refractivity (Wildman–Crippen MR) is 174 cm³/mol. The number of methoxy groups -OCH3 is 2. The van der Waals surface area contributed by atoms with Crippen molar-refractivity contribution in [3.05, 3.63) is 75.5 Å². The van der Waals surface area contributed by atoms with E-state index in [1.165, 1.54) is 32.4 Å². The van der Waals surface area contributed by atoms with Gasteiger partial charge in [0.15, 0.2) is 17.3 Å². The zero-order valence-electron chi connectivity index (χ0n) is 26.9. The molecule has 0 saturated heterocycles. The van der Waals surface area contributed by atoms with Gasteiger partial charge in [0.25, 0.3) is 11.5 Å². The van der Waals surface area contributed by atoms with Gasteiger partial charge < -0.3 is 28.8 Å². The van der Waals surface area contributed by atoms with Crippen LogP contribution in [-0.2, 0) is 23.2 Å². The Balaban J connectivity index is 1.68. The average Bonchev–Trinajstić information content (AvgIpc) is 3.43. The normalized spacial score (nSPS) is 14.7. The van der Waals surface area contributed by atoms with Crippen LogP contribution in [0.5, 0.6) is 17.2 Å². The molecule has 0 aliphatic carbocycles. The summed E-state index contributed by atoms with van der Waals surface area (Å²) in [4.78, 5) is 29.5. The van der Waals surface area contributed by atoms with E-state index in [4.69, 9.17) is 14.2 Å². The number of nitrogens with zero attached hydrogens (tertiary/aromatic N) is 5. The van der Waals surface area contributed by atoms with Crippen LogP contribution >= 0.6 is 0 Å². The molecule has 2 aromatic carbocycles. The Bertz CT molecular complexity index is 1960. The molecule has 1 aliphatic heterocycles. The zero-order chi connectivity index (χ0) is 34.0. The van der Waals surface area contributed by atoms with Crippen LogP contribution in [0.25, 0.3) is 10.9 Å². The van der Waals surface area contributed by atoms with Crippen molar-refractivity contribution in [2.75, 3.05) is 51.0 Å². The van der Waals surface area contributed by atoms with Gasteiger partial charge >= 0.3 is 0 Å². The Morgan fingerprint density at radius 1 is 1.11 bits per heavy atom. The zero-order valence-corrected chi connectivity index (χ0v) is 27.7. The number of carbonyl (C=O) groups excluding carboxylic acids is 1. The molecule has 13 nitrogen and oxygen atoms in total. The molecule has 1 atom stereocenters. The van der Waals surface area contributed by atoms with E-state index < -0.39 is 21.4 Å². The first-order valence-corrected chi connectivity index (χ1v) is 16.7. The van der Waals surface area contributed by atoms with Crippen molar-refractivity contribution in [3.63, 3.8) is 0 Å². The molecule has 0 unspecified atom stereocenters. The highest BCUT2D eigenvalue weighted by molar-refractivity contribution is 7.92. The number of aromatic nitrogens is 3. The Morgan fingerprint density at radius 3 is 2.47 bits per heavy atom. The summed E-state index contributed by atoms with van der Waals surface area (Å²) in [5, 5.41) is 13.9. The lowest BCUT2D eigenvalue weighted by atomic mass is 10.2. The molecule has 1 aliphatic rings. The summed E-state index contributed by atoms with van der Waals surface area (Å²) >= 11 is 0. The third kappa shape index (κ3) is 6.37. The number of aliphatic hydroxyl groups is 1. The van der Waals surface area contributed by atoms with Gasteiger partial charge in [0.05, 0.1) is 26.5 Å². The fraction of sp³-hybridized carbons (Fsp3) is 0.406. The van der Waals surface area contributed by atoms with Gasteiger partial charge in [0.2, 0.25) is 10.0 Å². The van der Waals surface area contributed by atoms with Crippen molar-refractivity contribution in [3.8, 4) is 17.2 Å². The van der Waals surface area contributed by atoms with Crippen LogP contribution in [0.1, 0.15) is 47.9 Å². The van der Waals surface area contributed by atoms with Gasteiger partial charge in [-0.3, -0.25) is 13.9 Å². The molecule has 0 saturated carbocycles. The predicted octanol–water partition coefficient (Wildman–Crippen LogP) is 3.17. The summed E-state index contributed by atoms with van der Waals surface area (Å²) in [7, 11) is 0.176. The van der Waals surface area contributed by atoms with Crippen LogP contribution < -0.4 is 24.1 Å². The first-order valence-electron chi connectivity index (χ1n) is 15.1. The molecule has 2 aromatic heterocycles. The number of aliphatic hydroxyl groups excluding tert-OH is 1. The molecule has 1 N–H and O–H groups in total. The van der Waals surface area contributed by atoms with E-state index in [1.54, 1.807) is 40.8 Å². The van der Waals surface area contributed by atoms with Gasteiger partial charge in [0.1, 0.15) is 34.8 Å². The number of sulfonamides is 1. The fourth-order valence-corrected chi connectivity index (χ4v) is 6.89. The fourth-order valence-electron chi connectivity index (χ4n) is 5.74. The van der Waals surface area contributed by atoms with E-state index in [0.29, 0.717) is 24.4 Å². The van der Waals surface area contributed by atoms with Crippen molar-refractivity contribution >= 4 is 32.7 Å². The molecule has 252 valence electrons. The highest BCUT2D eigenvalue weighted by atomic mass is 32.2. The lowest BCUT2D eigenvalue weighted by Gasteiger charge is -2.33. The van der Waals surface area contributed by atoms with Crippen molar-refractivity contribution in [2.45, 2.75) is 39.5 Å². The molecule has 4 aromatic rings. The SMILES string of the molecule is CCN1C[C@H](C)n2c(c(OC)c3c(=O)n(Cc4ccc(F)cc4OCc4ccc(OC)cc4)nc(N(C)S(=O)(=O)CCCO)c32)C1=O. The summed E-state index contributed by atoms with van der Waals surface area (Å²) in [6.45, 7) is 3.97. The molecule has 0 radical (unpaired) electrons. The number of rotatable bonds is 13. The first kappa shape index (κ1) is 33.7. The number of hydrogen-bond donors (Lipinski definition) is 1. The van der Waals surface area contributed by atoms with E-state index in [-0.39, 0.29) is 77.8 Å². The minimum absolute atomic E-state index is 0.00800. The highest BCUT2D eigenvalue weighted by Crippen LogP contribution is 2.41. The van der Waals surface area contributed by atoms with E-state index in [0.717, 1.165) is 14.6 Å². The maximum atomic E-state index is 14.4. The van der Waals surface area contributed by atoms with Crippen molar-refractivity contribution in [1.29, 1.82) is 0 Å². The highest BCUT2D eigenvalue weighted by Gasteiger charge is 2.39. The minimum Gasteiger partial charge on any atom is -0.497 e. The van der Waals surface area contributed by atoms with E-state index in [2.05, 4.69) is 5.10 Å². The summed E-state index contributed by atoms with van der Waals surface area (Å²) in [5.74, 6) is -0.574. The second-order valence-electron chi connectivity index (χ2n) is 11.2. The molecule has 15 heteroatoms. The van der Waals surface area contributed by atoms with Gasteiger partial charge in [0, 0.05) is 44.4 Å². The lowest BCUT2D eigenvalue weighted by molar-refractivity contribution is 0.0685. The largest absolute Gasteiger partial charge is 0.497 e. The second kappa shape index (κ2) is 13.6. The smallest absolute Gasteiger partial charge is 0.280 e. The molecular formula is C32H38FN5O8S. The molecule has 0 fully saturated rings. The number of benzene rings is 2. The standard InChI is InChI=1S/C32H38FN5O8S/c1-6-36-17-20(2)38-27-26(29(45-5)28(38)32(36)41)31(40)37(34-30(27)35(3)47(42,43)15-7-14-39)18-22-10-11-23(33)16-25(22)46-19-21-8-12-24(44-4)13-9-21/h8-13,16,20,39H,6-7,14-15,17-19H2,1-5H3/t20-/m0/s1. The summed E-state index contributed by atoms with van der Waals surface area (Å²) < 4.78 is 61.8. The summed E-state index contributed by atoms with van der Waals surface area (Å²) in [6.07, 6.45) is -0.0180. The molecular weight excluding hydrogens is 633 g/mol. The van der Waals surface area contributed by atoms with Crippen LogP contribution in [0.3, 0.4) is 0 Å². The topological polar surface area (TPSA) is 145 Å². The molecule has 47 heavy (non-hydrogen) atoms. The van der Waals surface area contributed by atoms with Gasteiger partial charge in [-0.1, -0.05) is 18.2 Å². The van der Waals surface area contributed by atoms with E-state index >= 15 is 0 Å². The van der Waals surface area contributed by atoms with Crippen LogP contribution in [0.4, 0.5) is 10.2 Å². The van der Waals surface area contributed by atoms with Crippen molar-refractivity contribution in [1.82, 2.24) is 19.2 Å². The minimum atomic E-state index is -4.04. The number of halogens is 1. The summed E-state index contributed by atoms with van der Waals surface area (Å²) in [5.41, 5.74) is 0.804. The molecule has 0 spiro atoms. The van der Waals surface area contributed by atoms with Gasteiger partial charge in [-0.2, -0.15) is 0 Å². The molecule has 5 rings (SSSR count). The number of anilines is 1. The maximum absolute atomic E-state index is 14.4. The number of carbonyl (C=O) groups is 1. The number of fused-ring (bicyclic) bond motifs is 3. The van der Waals surface area contributed by atoms with Gasteiger partial charge in [-0.15, -0.1) is 5.10 Å². The third-order valence-corrected chi connectivity index (χ3v) is 10.0. The van der Waals surface area contributed by atoms with Crippen molar-refractivity contribution in [2.24, 2.45) is 0 Å². The van der Waals surface area contributed by atoms with Crippen LogP contribution in [0.2, 0.25) is 0 Å². The monoisotopic (exact) mass is 671 g/mol. The van der Waals surface area contributed by atoms with Gasteiger partial charge in [-0.25, -0.2) is 17.5 Å². The van der Waals surface area contributed by atoms with Gasteiger partial charge in [-0.05, 0) is 44.0 Å². The third-order valence-electron chi connectivity index (χ3n) is 8.22. The van der Waals surface area contributed by atoms with Crippen LogP contribution in [0.15, 0.2) is 47.3 Å². The molecule has 3 heterocycles. The van der Waals surface area contributed by atoms with Crippen molar-refractivity contribution < 1.29 is 36.9 Å². The Labute approximate surface area is 271 Å². The molecule has 1 amide bonds. The number of amides is 1.